The molecule has 3 N–H and O–H groups in total. The summed E-state index contributed by atoms with van der Waals surface area (Å²) in [4.78, 5) is 12.4. The van der Waals surface area contributed by atoms with Gasteiger partial charge in [-0.15, -0.1) is 10.2 Å². The van der Waals surface area contributed by atoms with E-state index < -0.39 is 5.56 Å². The van der Waals surface area contributed by atoms with Crippen molar-refractivity contribution in [2.75, 3.05) is 5.43 Å². The normalized spacial score (nSPS) is 11.0. The van der Waals surface area contributed by atoms with Crippen molar-refractivity contribution in [2.24, 2.45) is 5.73 Å². The van der Waals surface area contributed by atoms with E-state index in [0.29, 0.717) is 11.2 Å². The second-order valence-corrected chi connectivity index (χ2v) is 5.50. The fourth-order valence-electron chi connectivity index (χ4n) is 2.52. The van der Waals surface area contributed by atoms with Crippen molar-refractivity contribution in [1.82, 2.24) is 24.5 Å². The Balaban J connectivity index is 1.97. The highest BCUT2D eigenvalue weighted by Crippen LogP contribution is 2.23. The second-order valence-electron chi connectivity index (χ2n) is 5.06. The molecule has 0 bridgehead atoms. The van der Waals surface area contributed by atoms with E-state index in [9.17, 15) is 4.79 Å². The summed E-state index contributed by atoms with van der Waals surface area (Å²) < 4.78 is 2.75. The number of nitrogens with two attached hydrogens (primary N) is 1. The molecule has 0 radical (unpaired) electrons. The van der Waals surface area contributed by atoms with Gasteiger partial charge in [-0.1, -0.05) is 30.3 Å². The Bertz CT molecular complexity index is 1130. The van der Waals surface area contributed by atoms with Crippen LogP contribution in [-0.2, 0) is 0 Å². The number of thiocarbonyl (C=S) groups is 1. The van der Waals surface area contributed by atoms with Crippen molar-refractivity contribution in [2.45, 2.75) is 0 Å². The van der Waals surface area contributed by atoms with Crippen molar-refractivity contribution < 1.29 is 0 Å². The number of aromatic nitrogens is 5. The van der Waals surface area contributed by atoms with Crippen molar-refractivity contribution in [3.63, 3.8) is 0 Å². The third-order valence-electron chi connectivity index (χ3n) is 3.58. The molecule has 1 aromatic carbocycles. The molecule has 0 aliphatic rings. The van der Waals surface area contributed by atoms with E-state index in [-0.39, 0.29) is 10.6 Å². The van der Waals surface area contributed by atoms with E-state index in [1.807, 2.05) is 30.3 Å². The average molecular weight is 337 g/mol. The zero-order chi connectivity index (χ0) is 16.7. The summed E-state index contributed by atoms with van der Waals surface area (Å²) in [7, 11) is 0. The third kappa shape index (κ3) is 2.18. The summed E-state index contributed by atoms with van der Waals surface area (Å²) in [5.41, 5.74) is 10.7. The van der Waals surface area contributed by atoms with Crippen LogP contribution in [0.1, 0.15) is 0 Å². The van der Waals surface area contributed by atoms with Crippen LogP contribution >= 0.6 is 12.2 Å². The van der Waals surface area contributed by atoms with Crippen LogP contribution < -0.4 is 16.7 Å². The number of rotatable bonds is 2. The summed E-state index contributed by atoms with van der Waals surface area (Å²) >= 11 is 4.75. The first kappa shape index (κ1) is 14.3. The highest BCUT2D eigenvalue weighted by molar-refractivity contribution is 7.80. The predicted octanol–water partition coefficient (Wildman–Crippen LogP) is 0.893. The quantitative estimate of drug-likeness (QED) is 0.524. The number of pyridine rings is 1. The first-order chi connectivity index (χ1) is 11.6. The molecule has 3 aromatic heterocycles. The number of nitrogens with one attached hydrogen (secondary N) is 1. The maximum atomic E-state index is 12.4. The topological polar surface area (TPSA) is 103 Å². The lowest BCUT2D eigenvalue weighted by Crippen LogP contribution is -2.36. The molecule has 0 spiro atoms. The van der Waals surface area contributed by atoms with Crippen molar-refractivity contribution in [1.29, 1.82) is 0 Å². The van der Waals surface area contributed by atoms with Crippen LogP contribution in [0.4, 0.5) is 0 Å². The van der Waals surface area contributed by atoms with Crippen LogP contribution in [0.15, 0.2) is 53.6 Å². The predicted molar refractivity (Wildman–Crippen MR) is 94.1 cm³/mol. The van der Waals surface area contributed by atoms with Crippen LogP contribution in [0.3, 0.4) is 0 Å². The Morgan fingerprint density at radius 2 is 1.96 bits per heavy atom. The number of benzene rings is 1. The molecule has 3 heterocycles. The number of hydrogen-bond donors (Lipinski definition) is 2. The van der Waals surface area contributed by atoms with E-state index in [1.54, 1.807) is 16.8 Å². The molecular formula is C15H11N7OS. The monoisotopic (exact) mass is 337 g/mol. The lowest BCUT2D eigenvalue weighted by Gasteiger charge is -2.08. The zero-order valence-electron chi connectivity index (χ0n) is 12.2. The van der Waals surface area contributed by atoms with Gasteiger partial charge >= 0.3 is 0 Å². The van der Waals surface area contributed by atoms with Gasteiger partial charge in [0.2, 0.25) is 0 Å². The molecule has 0 amide bonds. The minimum atomic E-state index is -0.411. The van der Waals surface area contributed by atoms with Gasteiger partial charge in [0.1, 0.15) is 5.52 Å². The molecule has 0 saturated carbocycles. The molecule has 24 heavy (non-hydrogen) atoms. The Morgan fingerprint density at radius 3 is 2.71 bits per heavy atom. The highest BCUT2D eigenvalue weighted by atomic mass is 32.1. The molecule has 118 valence electrons. The van der Waals surface area contributed by atoms with Gasteiger partial charge in [0, 0.05) is 11.8 Å². The van der Waals surface area contributed by atoms with Crippen LogP contribution in [0.25, 0.3) is 27.8 Å². The third-order valence-corrected chi connectivity index (χ3v) is 3.67. The Morgan fingerprint density at radius 1 is 1.17 bits per heavy atom. The summed E-state index contributed by atoms with van der Waals surface area (Å²) in [6.45, 7) is 0. The number of hydrogen-bond acceptors (Lipinski definition) is 5. The van der Waals surface area contributed by atoms with Gasteiger partial charge in [0.15, 0.2) is 16.3 Å². The van der Waals surface area contributed by atoms with Crippen molar-refractivity contribution >= 4 is 34.0 Å². The molecule has 9 heteroatoms. The molecule has 8 nitrogen and oxygen atoms in total. The van der Waals surface area contributed by atoms with Crippen LogP contribution in [0.2, 0.25) is 0 Å². The molecule has 0 aliphatic carbocycles. The first-order valence-corrected chi connectivity index (χ1v) is 7.43. The maximum absolute atomic E-state index is 12.4. The average Bonchev–Trinajstić information content (AvgIpc) is 3.02. The number of nitrogens with zero attached hydrogens (tertiary/aromatic N) is 5. The standard InChI is InChI=1S/C15H11N7OS/c16-15(24)20-21-7-6-11-12(14(21)23)18-19-13-10(8-17-22(11)13)9-4-2-1-3-5-9/h1-8H,(H3,16,20,24). The van der Waals surface area contributed by atoms with E-state index in [1.165, 1.54) is 6.20 Å². The van der Waals surface area contributed by atoms with Crippen LogP contribution in [0.5, 0.6) is 0 Å². The van der Waals surface area contributed by atoms with Gasteiger partial charge in [-0.2, -0.15) is 5.10 Å². The van der Waals surface area contributed by atoms with Gasteiger partial charge in [0.05, 0.1) is 6.20 Å². The molecular weight excluding hydrogens is 326 g/mol. The van der Waals surface area contributed by atoms with Gasteiger partial charge in [-0.05, 0) is 23.8 Å². The van der Waals surface area contributed by atoms with Gasteiger partial charge < -0.3 is 5.73 Å². The Labute approximate surface area is 140 Å². The van der Waals surface area contributed by atoms with Crippen molar-refractivity contribution in [3.8, 4) is 11.1 Å². The number of fused-ring (bicyclic) bond motifs is 3. The highest BCUT2D eigenvalue weighted by Gasteiger charge is 2.14. The fourth-order valence-corrected chi connectivity index (χ4v) is 2.62. The molecule has 0 saturated heterocycles. The van der Waals surface area contributed by atoms with Crippen molar-refractivity contribution in [3.05, 3.63) is 59.1 Å². The van der Waals surface area contributed by atoms with Crippen LogP contribution in [0, 0.1) is 0 Å². The second kappa shape index (κ2) is 5.39. The smallest absolute Gasteiger partial charge is 0.299 e. The Hall–Kier alpha value is -3.33. The molecule has 4 aromatic rings. The maximum Gasteiger partial charge on any atom is 0.299 e. The Kier molecular flexibility index (Phi) is 3.21. The van der Waals surface area contributed by atoms with E-state index in [0.717, 1.165) is 15.8 Å². The SMILES string of the molecule is NC(=S)Nn1ccc2c(nnc3c(-c4ccccc4)cnn32)c1=O. The molecule has 4 rings (SSSR count). The van der Waals surface area contributed by atoms with E-state index in [2.05, 4.69) is 20.7 Å². The minimum absolute atomic E-state index is 0.0176. The molecule has 0 unspecified atom stereocenters. The van der Waals surface area contributed by atoms with Gasteiger partial charge in [0.25, 0.3) is 5.56 Å². The van der Waals surface area contributed by atoms with Gasteiger partial charge in [-0.3, -0.25) is 10.2 Å². The molecule has 0 atom stereocenters. The summed E-state index contributed by atoms with van der Waals surface area (Å²) in [5, 5.41) is 12.6. The first-order valence-electron chi connectivity index (χ1n) is 7.03. The zero-order valence-corrected chi connectivity index (χ0v) is 13.1. The van der Waals surface area contributed by atoms with Gasteiger partial charge in [-0.25, -0.2) is 9.19 Å². The summed E-state index contributed by atoms with van der Waals surface area (Å²) in [6.07, 6.45) is 3.23. The summed E-state index contributed by atoms with van der Waals surface area (Å²) in [6, 6.07) is 11.4. The summed E-state index contributed by atoms with van der Waals surface area (Å²) in [5.74, 6) is 0. The largest absolute Gasteiger partial charge is 0.375 e. The lowest BCUT2D eigenvalue weighted by molar-refractivity contribution is 0.889. The minimum Gasteiger partial charge on any atom is -0.375 e. The lowest BCUT2D eigenvalue weighted by atomic mass is 10.1. The molecule has 0 aliphatic heterocycles. The van der Waals surface area contributed by atoms with E-state index >= 15 is 0 Å². The molecule has 0 fully saturated rings. The van der Waals surface area contributed by atoms with Crippen LogP contribution in [-0.4, -0.2) is 29.6 Å². The van der Waals surface area contributed by atoms with E-state index in [4.69, 9.17) is 18.0 Å². The fraction of sp³-hybridized carbons (Fsp3) is 0.